The van der Waals surface area contributed by atoms with Crippen LogP contribution in [0.15, 0.2) is 36.4 Å². The van der Waals surface area contributed by atoms with Crippen LogP contribution >= 0.6 is 0 Å². The Morgan fingerprint density at radius 3 is 1.00 bits per heavy atom. The Labute approximate surface area is 385 Å². The van der Waals surface area contributed by atoms with Crippen molar-refractivity contribution in [2.75, 3.05) is 47.1 Å². The highest BCUT2D eigenvalue weighted by Gasteiger charge is 2.33. The van der Waals surface area contributed by atoms with Gasteiger partial charge in [-0.25, -0.2) is 57.7 Å². The molecular formula is C43H29F12N7O6S2. The third-order valence-electron chi connectivity index (χ3n) is 10.8. The normalized spacial score (nSPS) is 12.4. The van der Waals surface area contributed by atoms with Crippen LogP contribution in [0.5, 0.6) is 0 Å². The van der Waals surface area contributed by atoms with Crippen molar-refractivity contribution in [2.45, 2.75) is 6.92 Å². The van der Waals surface area contributed by atoms with Crippen LogP contribution in [-0.4, -0.2) is 77.0 Å². The van der Waals surface area contributed by atoms with Gasteiger partial charge in [-0.05, 0) is 55.5 Å². The third-order valence-corrected chi connectivity index (χ3v) is 12.2. The zero-order valence-electron chi connectivity index (χ0n) is 35.0. The molecule has 0 saturated heterocycles. The van der Waals surface area contributed by atoms with E-state index in [-0.39, 0.29) is 23.1 Å². The highest BCUT2D eigenvalue weighted by molar-refractivity contribution is 7.86. The van der Waals surface area contributed by atoms with Gasteiger partial charge >= 0.3 is 0 Å². The number of nitrogens with one attached hydrogen (secondary N) is 6. The molecule has 8 N–H and O–H groups in total. The standard InChI is InChI=1S/C43H29F12N7O6S2/c1-2-56-41-35(50)29(44)26(30(45)36(41)51)23-17-5-3-15(59-17)16-4-6-18(60-16)24(27-31(46)37(52)42(38(53)32(27)47)57-11-13-69(63,64)65)20-8-10-22(62-20)25(21-9-7-19(23)61-21)28-33(48)39(54)43(40(55)34(28)49)58-12-14-70(66,67)68/h3-10,56-61H,2,11-14H2,1H3,(H,63,64,65)(H,66,67,68). The van der Waals surface area contributed by atoms with Crippen LogP contribution in [0.1, 0.15) is 18.3 Å². The second kappa shape index (κ2) is 18.3. The summed E-state index contributed by atoms with van der Waals surface area (Å²) in [6.45, 7) is -0.770. The van der Waals surface area contributed by atoms with Gasteiger partial charge < -0.3 is 30.9 Å². The molecule has 0 atom stereocenters. The number of halogens is 12. The second-order valence-electron chi connectivity index (χ2n) is 15.2. The van der Waals surface area contributed by atoms with E-state index in [4.69, 9.17) is 9.11 Å². The molecule has 3 aromatic carbocycles. The van der Waals surface area contributed by atoms with E-state index in [1.807, 2.05) is 10.6 Å². The zero-order chi connectivity index (χ0) is 50.9. The molecule has 5 heterocycles. The third kappa shape index (κ3) is 8.72. The first-order valence-electron chi connectivity index (χ1n) is 20.0. The van der Waals surface area contributed by atoms with Gasteiger partial charge in [0.2, 0.25) is 0 Å². The highest BCUT2D eigenvalue weighted by Crippen LogP contribution is 2.44. The summed E-state index contributed by atoms with van der Waals surface area (Å²) in [7, 11) is -9.53. The molecule has 4 aromatic heterocycles. The lowest BCUT2D eigenvalue weighted by atomic mass is 10.0. The Hall–Kier alpha value is -7.23. The van der Waals surface area contributed by atoms with Gasteiger partial charge in [0, 0.05) is 58.4 Å². The number of aromatic nitrogens is 4. The van der Waals surface area contributed by atoms with Gasteiger partial charge in [-0.1, -0.05) is 0 Å². The lowest BCUT2D eigenvalue weighted by Crippen LogP contribution is -2.17. The minimum atomic E-state index is -4.78. The van der Waals surface area contributed by atoms with Crippen LogP contribution in [0.2, 0.25) is 0 Å². The summed E-state index contributed by atoms with van der Waals surface area (Å²) in [6, 6.07) is 6.56. The fourth-order valence-corrected chi connectivity index (χ4v) is 8.47. The maximum atomic E-state index is 16.5. The van der Waals surface area contributed by atoms with Crippen LogP contribution in [-0.2, 0) is 20.2 Å². The zero-order valence-corrected chi connectivity index (χ0v) is 36.6. The molecule has 13 nitrogen and oxygen atoms in total. The van der Waals surface area contributed by atoms with E-state index in [0.29, 0.717) is 0 Å². The first kappa shape index (κ1) is 49.2. The first-order valence-corrected chi connectivity index (χ1v) is 23.2. The average molecular weight is 1030 g/mol. The molecule has 1 aliphatic heterocycles. The van der Waals surface area contributed by atoms with E-state index in [1.54, 1.807) is 0 Å². The number of benzene rings is 3. The van der Waals surface area contributed by atoms with Crippen molar-refractivity contribution in [2.24, 2.45) is 0 Å². The highest BCUT2D eigenvalue weighted by atomic mass is 32.2. The van der Waals surface area contributed by atoms with Crippen molar-refractivity contribution in [3.05, 3.63) is 118 Å². The van der Waals surface area contributed by atoms with Gasteiger partial charge in [-0.3, -0.25) is 9.11 Å². The summed E-state index contributed by atoms with van der Waals surface area (Å²) in [6.07, 6.45) is 1.74. The number of anilines is 3. The van der Waals surface area contributed by atoms with Gasteiger partial charge in [0.05, 0.1) is 50.6 Å². The molecule has 0 saturated carbocycles. The molecule has 8 rings (SSSR count). The van der Waals surface area contributed by atoms with Crippen molar-refractivity contribution >= 4 is 82.6 Å². The maximum absolute atomic E-state index is 16.5. The van der Waals surface area contributed by atoms with E-state index < -0.39 is 193 Å². The van der Waals surface area contributed by atoms with Crippen molar-refractivity contribution in [3.63, 3.8) is 0 Å². The van der Waals surface area contributed by atoms with E-state index >= 15 is 52.7 Å². The SMILES string of the molecule is CCNc1c(F)c(F)c(-c2c3ccc([nH]3)c(-c3c(F)c(F)c(NCCS(=O)(=O)O)c(F)c3F)c3nc(c(-c4c(F)c(F)c(NCCS(=O)(=O)O)c(F)c4F)c4ccc([nH]4)c4ccc2[nH]4)C=C3)c(F)c1F. The number of aromatic amines is 3. The summed E-state index contributed by atoms with van der Waals surface area (Å²) in [5.41, 5.74) is -14.8. The summed E-state index contributed by atoms with van der Waals surface area (Å²) >= 11 is 0. The average Bonchev–Trinajstić information content (AvgIpc) is 4.15. The molecule has 70 heavy (non-hydrogen) atoms. The summed E-state index contributed by atoms with van der Waals surface area (Å²) in [5.74, 6) is -27.4. The van der Waals surface area contributed by atoms with Crippen LogP contribution in [0.3, 0.4) is 0 Å². The molecular weight excluding hydrogens is 1000 g/mol. The van der Waals surface area contributed by atoms with Crippen molar-refractivity contribution in [3.8, 4) is 33.4 Å². The smallest absolute Gasteiger partial charge is 0.266 e. The minimum Gasteiger partial charge on any atom is -0.380 e. The Morgan fingerprint density at radius 2 is 0.686 bits per heavy atom. The number of fused-ring (bicyclic) bond motifs is 9. The van der Waals surface area contributed by atoms with Crippen molar-refractivity contribution in [1.29, 1.82) is 0 Å². The number of hydrogen-bond acceptors (Lipinski definition) is 8. The molecule has 27 heteroatoms. The topological polar surface area (TPSA) is 205 Å². The van der Waals surface area contributed by atoms with E-state index in [0.717, 1.165) is 36.4 Å². The fraction of sp³-hybridized carbons (Fsp3) is 0.140. The number of rotatable bonds is 13. The van der Waals surface area contributed by atoms with Crippen molar-refractivity contribution < 1.29 is 78.6 Å². The molecule has 0 unspecified atom stereocenters. The molecule has 7 aromatic rings. The molecule has 0 fully saturated rings. The number of nitrogens with zero attached hydrogens (tertiary/aromatic N) is 1. The lowest BCUT2D eigenvalue weighted by Gasteiger charge is -2.15. The van der Waals surface area contributed by atoms with Crippen LogP contribution in [0.25, 0.3) is 78.6 Å². The predicted octanol–water partition coefficient (Wildman–Crippen LogP) is 10.4. The van der Waals surface area contributed by atoms with Crippen LogP contribution in [0, 0.1) is 69.8 Å². The van der Waals surface area contributed by atoms with E-state index in [1.165, 1.54) is 19.1 Å². The summed E-state index contributed by atoms with van der Waals surface area (Å²) in [4.78, 5) is 12.3. The van der Waals surface area contributed by atoms with Gasteiger partial charge in [-0.2, -0.15) is 16.8 Å². The lowest BCUT2D eigenvalue weighted by molar-refractivity contribution is 0.462. The maximum Gasteiger partial charge on any atom is 0.266 e. The van der Waals surface area contributed by atoms with E-state index in [9.17, 15) is 16.8 Å². The van der Waals surface area contributed by atoms with Crippen LogP contribution in [0.4, 0.5) is 69.7 Å². The molecule has 0 radical (unpaired) electrons. The monoisotopic (exact) mass is 1030 g/mol. The first-order chi connectivity index (χ1) is 32.9. The number of H-pyrrole nitrogens is 3. The second-order valence-corrected chi connectivity index (χ2v) is 18.3. The molecule has 1 aliphatic rings. The quantitative estimate of drug-likeness (QED) is 0.0312. The Morgan fingerprint density at radius 1 is 0.414 bits per heavy atom. The van der Waals surface area contributed by atoms with Crippen LogP contribution < -0.4 is 16.0 Å². The summed E-state index contributed by atoms with van der Waals surface area (Å²) < 4.78 is 256. The molecule has 0 spiro atoms. The van der Waals surface area contributed by atoms with Gasteiger partial charge in [-0.15, -0.1) is 0 Å². The predicted molar refractivity (Wildman–Crippen MR) is 235 cm³/mol. The Bertz CT molecular complexity index is 3660. The molecule has 8 bridgehead atoms. The molecule has 0 aliphatic carbocycles. The Balaban J connectivity index is 1.53. The molecule has 0 amide bonds. The summed E-state index contributed by atoms with van der Waals surface area (Å²) in [5, 5.41) is 5.84. The van der Waals surface area contributed by atoms with Crippen molar-refractivity contribution in [1.82, 2.24) is 19.9 Å². The van der Waals surface area contributed by atoms with E-state index in [2.05, 4.69) is 25.3 Å². The van der Waals surface area contributed by atoms with Gasteiger partial charge in [0.25, 0.3) is 20.2 Å². The van der Waals surface area contributed by atoms with Gasteiger partial charge in [0.15, 0.2) is 69.8 Å². The van der Waals surface area contributed by atoms with Gasteiger partial charge in [0.1, 0.15) is 17.1 Å². The fourth-order valence-electron chi connectivity index (χ4n) is 7.75. The minimum absolute atomic E-state index is 0.0359. The largest absolute Gasteiger partial charge is 0.380 e. The Kier molecular flexibility index (Phi) is 12.8. The number of hydrogen-bond donors (Lipinski definition) is 8. The molecule has 368 valence electrons.